The summed E-state index contributed by atoms with van der Waals surface area (Å²) < 4.78 is 5.45. The molecule has 4 aromatic heterocycles. The van der Waals surface area contributed by atoms with E-state index in [1.54, 1.807) is 29.9 Å². The fourth-order valence-corrected chi connectivity index (χ4v) is 3.54. The van der Waals surface area contributed by atoms with Gasteiger partial charge in [0.1, 0.15) is 10.5 Å². The van der Waals surface area contributed by atoms with Gasteiger partial charge in [-0.2, -0.15) is 5.10 Å². The van der Waals surface area contributed by atoms with Gasteiger partial charge in [-0.05, 0) is 24.3 Å². The van der Waals surface area contributed by atoms with Gasteiger partial charge in [-0.25, -0.2) is 4.98 Å². The minimum Gasteiger partial charge on any atom is -0.336 e. The molecule has 5 rings (SSSR count). The Morgan fingerprint density at radius 3 is 2.76 bits per heavy atom. The second kappa shape index (κ2) is 5.60. The maximum Gasteiger partial charge on any atom is 0.197 e. The van der Waals surface area contributed by atoms with Gasteiger partial charge >= 0.3 is 0 Å². The summed E-state index contributed by atoms with van der Waals surface area (Å²) in [7, 11) is 0. The molecule has 120 valence electrons. The van der Waals surface area contributed by atoms with E-state index >= 15 is 0 Å². The van der Waals surface area contributed by atoms with Crippen molar-refractivity contribution in [3.8, 4) is 33.1 Å². The lowest BCUT2D eigenvalue weighted by atomic mass is 9.94. The number of aromatic amines is 1. The van der Waals surface area contributed by atoms with Crippen molar-refractivity contribution in [2.75, 3.05) is 0 Å². The maximum absolute atomic E-state index is 5.45. The molecule has 0 aliphatic rings. The maximum atomic E-state index is 5.45. The molecule has 7 nitrogen and oxygen atoms in total. The van der Waals surface area contributed by atoms with Crippen LogP contribution in [-0.4, -0.2) is 30.5 Å². The van der Waals surface area contributed by atoms with Crippen LogP contribution in [0.2, 0.25) is 0 Å². The van der Waals surface area contributed by atoms with Gasteiger partial charge in [0, 0.05) is 40.4 Å². The summed E-state index contributed by atoms with van der Waals surface area (Å²) in [6.07, 6.45) is 5.24. The van der Waals surface area contributed by atoms with Crippen LogP contribution < -0.4 is 0 Å². The predicted molar refractivity (Wildman–Crippen MR) is 93.7 cm³/mol. The lowest BCUT2D eigenvalue weighted by Gasteiger charge is -2.12. The monoisotopic (exact) mass is 346 g/mol. The van der Waals surface area contributed by atoms with E-state index in [0.717, 1.165) is 33.1 Å². The van der Waals surface area contributed by atoms with Crippen LogP contribution in [0.3, 0.4) is 0 Å². The Labute approximate surface area is 145 Å². The van der Waals surface area contributed by atoms with Gasteiger partial charge in [0.05, 0.1) is 17.0 Å². The van der Waals surface area contributed by atoms with E-state index in [0.29, 0.717) is 11.1 Å². The number of nitrogens with zero attached hydrogens (tertiary/aromatic N) is 5. The first kappa shape index (κ1) is 14.0. The number of H-pyrrole nitrogens is 1. The number of fused-ring (bicyclic) bond motifs is 1. The van der Waals surface area contributed by atoms with E-state index in [1.807, 2.05) is 35.7 Å². The largest absolute Gasteiger partial charge is 0.336 e. The number of rotatable bonds is 3. The predicted octanol–water partition coefficient (Wildman–Crippen LogP) is 3.80. The van der Waals surface area contributed by atoms with E-state index in [1.165, 1.54) is 0 Å². The highest BCUT2D eigenvalue weighted by Gasteiger charge is 2.23. The number of benzene rings is 1. The Kier molecular flexibility index (Phi) is 3.14. The molecule has 4 heterocycles. The Hall–Kier alpha value is -3.39. The lowest BCUT2D eigenvalue weighted by Crippen LogP contribution is -1.94. The molecule has 0 unspecified atom stereocenters. The van der Waals surface area contributed by atoms with Crippen molar-refractivity contribution in [3.05, 3.63) is 54.3 Å². The van der Waals surface area contributed by atoms with Crippen LogP contribution >= 0.6 is 11.3 Å². The Morgan fingerprint density at radius 1 is 1.00 bits per heavy atom. The zero-order valence-corrected chi connectivity index (χ0v) is 13.6. The first-order valence-corrected chi connectivity index (χ1v) is 8.40. The zero-order valence-electron chi connectivity index (χ0n) is 12.7. The van der Waals surface area contributed by atoms with E-state index in [2.05, 4.69) is 30.5 Å². The molecule has 0 aliphatic carbocycles. The minimum atomic E-state index is 0.588. The molecule has 0 amide bonds. The second-order valence-corrected chi connectivity index (χ2v) is 6.21. The van der Waals surface area contributed by atoms with Gasteiger partial charge in [-0.1, -0.05) is 6.07 Å². The van der Waals surface area contributed by atoms with Crippen LogP contribution in [0.1, 0.15) is 0 Å². The quantitative estimate of drug-likeness (QED) is 0.534. The van der Waals surface area contributed by atoms with Gasteiger partial charge < -0.3 is 4.52 Å². The molecule has 0 atom stereocenters. The number of hydrogen-bond acceptors (Lipinski definition) is 7. The van der Waals surface area contributed by atoms with Crippen LogP contribution in [0.5, 0.6) is 0 Å². The summed E-state index contributed by atoms with van der Waals surface area (Å²) in [5.74, 6) is 0. The standard InChI is InChI=1S/C17H10N6OS/c1-2-5-18-11(3-1)14-10(17-19-7-8-25-17)9-13-16(24-23-22-13)15(14)12-4-6-20-21-12/h1-9H,(H,20,21). The summed E-state index contributed by atoms with van der Waals surface area (Å²) in [5.41, 5.74) is 5.54. The van der Waals surface area contributed by atoms with Crippen molar-refractivity contribution < 1.29 is 4.52 Å². The van der Waals surface area contributed by atoms with E-state index in [9.17, 15) is 0 Å². The Balaban J connectivity index is 1.96. The van der Waals surface area contributed by atoms with Crippen molar-refractivity contribution >= 4 is 22.4 Å². The molecule has 0 fully saturated rings. The average molecular weight is 346 g/mol. The Morgan fingerprint density at radius 2 is 2.00 bits per heavy atom. The third-order valence-electron chi connectivity index (χ3n) is 3.89. The molecule has 25 heavy (non-hydrogen) atoms. The fourth-order valence-electron chi connectivity index (χ4n) is 2.88. The molecule has 0 bridgehead atoms. The zero-order chi connectivity index (χ0) is 16.6. The Bertz CT molecular complexity index is 1130. The van der Waals surface area contributed by atoms with Crippen molar-refractivity contribution in [1.82, 2.24) is 30.5 Å². The molecule has 0 aliphatic heterocycles. The van der Waals surface area contributed by atoms with E-state index in [-0.39, 0.29) is 0 Å². The summed E-state index contributed by atoms with van der Waals surface area (Å²) in [5, 5.41) is 17.7. The number of thiazole rings is 1. The van der Waals surface area contributed by atoms with Gasteiger partial charge in [0.2, 0.25) is 0 Å². The summed E-state index contributed by atoms with van der Waals surface area (Å²) in [4.78, 5) is 9.01. The smallest absolute Gasteiger partial charge is 0.197 e. The highest BCUT2D eigenvalue weighted by atomic mass is 32.1. The van der Waals surface area contributed by atoms with Gasteiger partial charge in [0.15, 0.2) is 5.58 Å². The molecule has 0 radical (unpaired) electrons. The fraction of sp³-hybridized carbons (Fsp3) is 0. The van der Waals surface area contributed by atoms with Crippen molar-refractivity contribution in [1.29, 1.82) is 0 Å². The summed E-state index contributed by atoms with van der Waals surface area (Å²) in [6, 6.07) is 9.62. The van der Waals surface area contributed by atoms with Crippen molar-refractivity contribution in [2.24, 2.45) is 0 Å². The van der Waals surface area contributed by atoms with Crippen LogP contribution in [0, 0.1) is 0 Å². The molecular weight excluding hydrogens is 336 g/mol. The van der Waals surface area contributed by atoms with Crippen LogP contribution in [-0.2, 0) is 0 Å². The summed E-state index contributed by atoms with van der Waals surface area (Å²) >= 11 is 1.56. The highest BCUT2D eigenvalue weighted by molar-refractivity contribution is 7.13. The van der Waals surface area contributed by atoms with Crippen molar-refractivity contribution in [3.63, 3.8) is 0 Å². The topological polar surface area (TPSA) is 93.4 Å². The van der Waals surface area contributed by atoms with Crippen LogP contribution in [0.15, 0.2) is 58.8 Å². The molecule has 0 saturated heterocycles. The average Bonchev–Trinajstić information content (AvgIpc) is 3.42. The van der Waals surface area contributed by atoms with E-state index < -0.39 is 0 Å². The van der Waals surface area contributed by atoms with Crippen LogP contribution in [0.4, 0.5) is 0 Å². The SMILES string of the molecule is c1ccc(-c2c(-c3nccs3)cc3nnoc3c2-c2ccn[nH]2)nc1. The number of nitrogens with one attached hydrogen (secondary N) is 1. The molecule has 8 heteroatoms. The molecule has 5 aromatic rings. The summed E-state index contributed by atoms with van der Waals surface area (Å²) in [6.45, 7) is 0. The molecule has 1 N–H and O–H groups in total. The molecular formula is C17H10N6OS. The minimum absolute atomic E-state index is 0.588. The van der Waals surface area contributed by atoms with Crippen LogP contribution in [0.25, 0.3) is 44.2 Å². The number of aromatic nitrogens is 6. The third kappa shape index (κ3) is 2.23. The molecule has 0 spiro atoms. The van der Waals surface area contributed by atoms with Crippen molar-refractivity contribution in [2.45, 2.75) is 0 Å². The van der Waals surface area contributed by atoms with Gasteiger partial charge in [0.25, 0.3) is 0 Å². The number of hydrogen-bond donors (Lipinski definition) is 1. The lowest BCUT2D eigenvalue weighted by molar-refractivity contribution is 0.424. The molecule has 0 saturated carbocycles. The first-order valence-electron chi connectivity index (χ1n) is 7.52. The molecule has 1 aromatic carbocycles. The number of pyridine rings is 1. The first-order chi connectivity index (χ1) is 12.4. The van der Waals surface area contributed by atoms with E-state index in [4.69, 9.17) is 4.52 Å². The second-order valence-electron chi connectivity index (χ2n) is 5.32. The highest BCUT2D eigenvalue weighted by Crippen LogP contribution is 2.43. The van der Waals surface area contributed by atoms with Gasteiger partial charge in [-0.3, -0.25) is 10.1 Å². The third-order valence-corrected chi connectivity index (χ3v) is 4.70. The normalized spacial score (nSPS) is 11.2. The van der Waals surface area contributed by atoms with Gasteiger partial charge in [-0.15, -0.1) is 16.4 Å².